The van der Waals surface area contributed by atoms with Gasteiger partial charge in [0.2, 0.25) is 0 Å². The van der Waals surface area contributed by atoms with Gasteiger partial charge in [-0.25, -0.2) is 0 Å². The van der Waals surface area contributed by atoms with Crippen LogP contribution in [0.15, 0.2) is 18.2 Å². The molecule has 1 aromatic carbocycles. The van der Waals surface area contributed by atoms with E-state index in [4.69, 9.17) is 0 Å². The molecule has 1 atom stereocenters. The van der Waals surface area contributed by atoms with Gasteiger partial charge in [0.1, 0.15) is 0 Å². The highest BCUT2D eigenvalue weighted by Gasteiger charge is 2.29. The first-order valence-corrected chi connectivity index (χ1v) is 6.11. The largest absolute Gasteiger partial charge is 0.391 e. The first-order chi connectivity index (χ1) is 8.08. The smallest absolute Gasteiger partial charge is 0.251 e. The number of nitrogens with one attached hydrogen (secondary N) is 1. The molecule has 0 aliphatic heterocycles. The van der Waals surface area contributed by atoms with Crippen molar-refractivity contribution < 1.29 is 9.90 Å². The molecule has 0 bridgehead atoms. The number of benzene rings is 1. The molecule has 0 aromatic heterocycles. The van der Waals surface area contributed by atoms with E-state index in [-0.39, 0.29) is 12.0 Å². The fourth-order valence-electron chi connectivity index (χ4n) is 2.01. The van der Waals surface area contributed by atoms with Crippen molar-refractivity contribution in [3.8, 4) is 0 Å². The molecule has 0 spiro atoms. The second-order valence-corrected chi connectivity index (χ2v) is 4.93. The van der Waals surface area contributed by atoms with Gasteiger partial charge in [-0.1, -0.05) is 17.7 Å². The number of carbonyl (C=O) groups is 1. The second-order valence-electron chi connectivity index (χ2n) is 4.93. The van der Waals surface area contributed by atoms with Crippen molar-refractivity contribution in [1.29, 1.82) is 0 Å². The molecule has 2 rings (SSSR count). The van der Waals surface area contributed by atoms with Crippen LogP contribution in [0.1, 0.15) is 34.3 Å². The minimum absolute atomic E-state index is 0.0952. The van der Waals surface area contributed by atoms with E-state index < -0.39 is 0 Å². The van der Waals surface area contributed by atoms with Gasteiger partial charge in [0.25, 0.3) is 5.91 Å². The van der Waals surface area contributed by atoms with Gasteiger partial charge in [0.15, 0.2) is 0 Å². The van der Waals surface area contributed by atoms with Crippen LogP contribution in [0.4, 0.5) is 0 Å². The highest BCUT2D eigenvalue weighted by atomic mass is 16.3. The number of aliphatic hydroxyl groups excluding tert-OH is 1. The van der Waals surface area contributed by atoms with Crippen LogP contribution in [0.25, 0.3) is 0 Å². The Balaban J connectivity index is 1.94. The molecular weight excluding hydrogens is 214 g/mol. The van der Waals surface area contributed by atoms with E-state index >= 15 is 0 Å². The predicted molar refractivity (Wildman–Crippen MR) is 67.0 cm³/mol. The Labute approximate surface area is 102 Å². The maximum atomic E-state index is 11.9. The molecule has 0 heterocycles. The van der Waals surface area contributed by atoms with Crippen LogP contribution in [-0.2, 0) is 0 Å². The van der Waals surface area contributed by atoms with Crippen molar-refractivity contribution >= 4 is 5.91 Å². The van der Waals surface area contributed by atoms with Crippen molar-refractivity contribution in [3.05, 3.63) is 34.9 Å². The molecule has 0 saturated heterocycles. The molecule has 3 heteroatoms. The molecule has 1 fully saturated rings. The third kappa shape index (κ3) is 3.07. The Kier molecular flexibility index (Phi) is 3.48. The van der Waals surface area contributed by atoms with Crippen molar-refractivity contribution in [2.75, 3.05) is 6.54 Å². The summed E-state index contributed by atoms with van der Waals surface area (Å²) in [6.07, 6.45) is 1.78. The standard InChI is InChI=1S/C14H19NO2/c1-9-3-6-12(10(2)7-9)14(17)15-8-13(16)11-4-5-11/h3,6-7,11,13,16H,4-5,8H2,1-2H3,(H,15,17). The number of amides is 1. The third-order valence-corrected chi connectivity index (χ3v) is 3.26. The summed E-state index contributed by atoms with van der Waals surface area (Å²) in [6.45, 7) is 4.29. The lowest BCUT2D eigenvalue weighted by Crippen LogP contribution is -2.33. The van der Waals surface area contributed by atoms with Gasteiger partial charge in [-0.15, -0.1) is 0 Å². The molecule has 2 N–H and O–H groups in total. The van der Waals surface area contributed by atoms with Crippen molar-refractivity contribution in [2.45, 2.75) is 32.8 Å². The van der Waals surface area contributed by atoms with E-state index in [1.807, 2.05) is 32.0 Å². The number of rotatable bonds is 4. The van der Waals surface area contributed by atoms with Gasteiger partial charge in [0, 0.05) is 12.1 Å². The van der Waals surface area contributed by atoms with Crippen LogP contribution in [0.3, 0.4) is 0 Å². The molecule has 17 heavy (non-hydrogen) atoms. The van der Waals surface area contributed by atoms with Gasteiger partial charge in [-0.3, -0.25) is 4.79 Å². The summed E-state index contributed by atoms with van der Waals surface area (Å²) in [7, 11) is 0. The topological polar surface area (TPSA) is 49.3 Å². The first kappa shape index (κ1) is 12.1. The summed E-state index contributed by atoms with van der Waals surface area (Å²) >= 11 is 0. The Bertz CT molecular complexity index is 424. The molecule has 1 saturated carbocycles. The fourth-order valence-corrected chi connectivity index (χ4v) is 2.01. The van der Waals surface area contributed by atoms with Crippen LogP contribution in [0.5, 0.6) is 0 Å². The summed E-state index contributed by atoms with van der Waals surface area (Å²) in [5, 5.41) is 12.5. The second kappa shape index (κ2) is 4.88. The van der Waals surface area contributed by atoms with Gasteiger partial charge in [0.05, 0.1) is 6.10 Å². The third-order valence-electron chi connectivity index (χ3n) is 3.26. The van der Waals surface area contributed by atoms with Crippen molar-refractivity contribution in [2.24, 2.45) is 5.92 Å². The van der Waals surface area contributed by atoms with E-state index in [1.165, 1.54) is 0 Å². The number of hydrogen-bond acceptors (Lipinski definition) is 2. The average Bonchev–Trinajstić information content (AvgIpc) is 3.09. The maximum absolute atomic E-state index is 11.9. The Morgan fingerprint density at radius 2 is 2.18 bits per heavy atom. The van der Waals surface area contributed by atoms with Crippen LogP contribution < -0.4 is 5.32 Å². The zero-order valence-electron chi connectivity index (χ0n) is 10.4. The van der Waals surface area contributed by atoms with Crippen molar-refractivity contribution in [3.63, 3.8) is 0 Å². The van der Waals surface area contributed by atoms with E-state index in [2.05, 4.69) is 5.32 Å². The van der Waals surface area contributed by atoms with E-state index in [0.717, 1.165) is 24.0 Å². The Hall–Kier alpha value is -1.35. The number of carbonyl (C=O) groups excluding carboxylic acids is 1. The summed E-state index contributed by atoms with van der Waals surface area (Å²) in [5.41, 5.74) is 2.82. The quantitative estimate of drug-likeness (QED) is 0.833. The van der Waals surface area contributed by atoms with Gasteiger partial charge in [-0.2, -0.15) is 0 Å². The van der Waals surface area contributed by atoms with Gasteiger partial charge < -0.3 is 10.4 Å². The monoisotopic (exact) mass is 233 g/mol. The van der Waals surface area contributed by atoms with Crippen LogP contribution >= 0.6 is 0 Å². The lowest BCUT2D eigenvalue weighted by Gasteiger charge is -2.12. The lowest BCUT2D eigenvalue weighted by atomic mass is 10.1. The van der Waals surface area contributed by atoms with Gasteiger partial charge >= 0.3 is 0 Å². The van der Waals surface area contributed by atoms with E-state index in [0.29, 0.717) is 18.0 Å². The van der Waals surface area contributed by atoms with E-state index in [1.54, 1.807) is 0 Å². The molecule has 1 unspecified atom stereocenters. The summed E-state index contributed by atoms with van der Waals surface area (Å²) in [4.78, 5) is 11.9. The normalized spacial score (nSPS) is 16.6. The minimum Gasteiger partial charge on any atom is -0.391 e. The summed E-state index contributed by atoms with van der Waals surface area (Å²) < 4.78 is 0. The molecular formula is C14H19NO2. The number of aryl methyl sites for hydroxylation is 2. The highest BCUT2D eigenvalue weighted by Crippen LogP contribution is 2.32. The molecule has 1 aromatic rings. The summed E-state index contributed by atoms with van der Waals surface area (Å²) in [5.74, 6) is 0.302. The molecule has 92 valence electrons. The zero-order chi connectivity index (χ0) is 12.4. The van der Waals surface area contributed by atoms with E-state index in [9.17, 15) is 9.90 Å². The van der Waals surface area contributed by atoms with Crippen molar-refractivity contribution in [1.82, 2.24) is 5.32 Å². The summed E-state index contributed by atoms with van der Waals surface area (Å²) in [6, 6.07) is 5.76. The van der Waals surface area contributed by atoms with Crippen LogP contribution in [-0.4, -0.2) is 23.7 Å². The fraction of sp³-hybridized carbons (Fsp3) is 0.500. The predicted octanol–water partition coefficient (Wildman–Crippen LogP) is 1.80. The molecule has 1 aliphatic rings. The lowest BCUT2D eigenvalue weighted by molar-refractivity contribution is 0.0900. The molecule has 1 aliphatic carbocycles. The number of aliphatic hydroxyl groups is 1. The maximum Gasteiger partial charge on any atom is 0.251 e. The first-order valence-electron chi connectivity index (χ1n) is 6.11. The SMILES string of the molecule is Cc1ccc(C(=O)NCC(O)C2CC2)c(C)c1. The zero-order valence-corrected chi connectivity index (χ0v) is 10.4. The van der Waals surface area contributed by atoms with Crippen LogP contribution in [0, 0.1) is 19.8 Å². The number of hydrogen-bond donors (Lipinski definition) is 2. The van der Waals surface area contributed by atoms with Gasteiger partial charge in [-0.05, 0) is 44.2 Å². The Morgan fingerprint density at radius 3 is 2.76 bits per heavy atom. The van der Waals surface area contributed by atoms with Crippen LogP contribution in [0.2, 0.25) is 0 Å². The molecule has 3 nitrogen and oxygen atoms in total. The average molecular weight is 233 g/mol. The minimum atomic E-state index is -0.385. The molecule has 1 amide bonds. The Morgan fingerprint density at radius 1 is 1.47 bits per heavy atom. The molecule has 0 radical (unpaired) electrons. The highest BCUT2D eigenvalue weighted by molar-refractivity contribution is 5.95.